The molecule has 2 aromatic carbocycles. The maximum atomic E-state index is 12.1. The second-order valence-corrected chi connectivity index (χ2v) is 7.01. The van der Waals surface area contributed by atoms with E-state index in [0.717, 1.165) is 11.3 Å². The Kier molecular flexibility index (Phi) is 4.75. The smallest absolute Gasteiger partial charge is 0.412 e. The minimum Gasteiger partial charge on any atom is -0.444 e. The van der Waals surface area contributed by atoms with Gasteiger partial charge < -0.3 is 10.1 Å². The minimum absolute atomic E-state index is 0.0850. The zero-order chi connectivity index (χ0) is 18.7. The van der Waals surface area contributed by atoms with Gasteiger partial charge in [0.15, 0.2) is 0 Å². The van der Waals surface area contributed by atoms with Crippen LogP contribution in [-0.2, 0) is 9.53 Å². The topological polar surface area (TPSA) is 79.8 Å². The Morgan fingerprint density at radius 3 is 2.54 bits per heavy atom. The Morgan fingerprint density at radius 1 is 1.15 bits per heavy atom. The molecule has 0 saturated heterocycles. The molecule has 1 atom stereocenters. The predicted octanol–water partition coefficient (Wildman–Crippen LogP) is 4.47. The molecule has 2 N–H and O–H groups in total. The highest BCUT2D eigenvalue weighted by atomic mass is 16.6. The van der Waals surface area contributed by atoms with E-state index in [9.17, 15) is 9.59 Å². The van der Waals surface area contributed by atoms with Crippen LogP contribution in [0.2, 0.25) is 0 Å². The van der Waals surface area contributed by atoms with Crippen molar-refractivity contribution in [3.63, 3.8) is 0 Å². The lowest BCUT2D eigenvalue weighted by Gasteiger charge is -2.19. The van der Waals surface area contributed by atoms with Gasteiger partial charge in [-0.1, -0.05) is 18.2 Å². The fourth-order valence-electron chi connectivity index (χ4n) is 2.59. The summed E-state index contributed by atoms with van der Waals surface area (Å²) in [4.78, 5) is 28.2. The van der Waals surface area contributed by atoms with Gasteiger partial charge in [-0.2, -0.15) is 0 Å². The van der Waals surface area contributed by atoms with E-state index in [-0.39, 0.29) is 5.91 Å². The summed E-state index contributed by atoms with van der Waals surface area (Å²) in [7, 11) is 0. The van der Waals surface area contributed by atoms with Crippen molar-refractivity contribution >= 4 is 35.3 Å². The standard InChI is InChI=1S/C20H21N3O3/c1-20(2,3)26-19(25)22-14-10-8-13(9-11-14)21-12-16-15-6-4-5-7-17(15)23-18(16)24/h4-12,16H,1-3H3,(H,22,25)(H,23,24). The molecule has 134 valence electrons. The SMILES string of the molecule is CC(C)(C)OC(=O)Nc1ccc(N=CC2C(=O)Nc3ccccc32)cc1. The first kappa shape index (κ1) is 17.7. The van der Waals surface area contributed by atoms with Gasteiger partial charge in [-0.15, -0.1) is 0 Å². The van der Waals surface area contributed by atoms with Crippen LogP contribution in [0, 0.1) is 0 Å². The summed E-state index contributed by atoms with van der Waals surface area (Å²) in [6, 6.07) is 14.6. The van der Waals surface area contributed by atoms with Crippen molar-refractivity contribution in [3.8, 4) is 0 Å². The highest BCUT2D eigenvalue weighted by Gasteiger charge is 2.28. The Balaban J connectivity index is 1.65. The molecule has 1 aliphatic heterocycles. The van der Waals surface area contributed by atoms with Crippen LogP contribution in [-0.4, -0.2) is 23.8 Å². The van der Waals surface area contributed by atoms with Crippen molar-refractivity contribution in [2.45, 2.75) is 32.3 Å². The number of rotatable bonds is 3. The number of carbonyl (C=O) groups excluding carboxylic acids is 2. The summed E-state index contributed by atoms with van der Waals surface area (Å²) in [6.45, 7) is 5.42. The molecular formula is C20H21N3O3. The van der Waals surface area contributed by atoms with E-state index < -0.39 is 17.6 Å². The van der Waals surface area contributed by atoms with Gasteiger partial charge in [-0.05, 0) is 56.7 Å². The van der Waals surface area contributed by atoms with Gasteiger partial charge in [0.1, 0.15) is 11.5 Å². The number of hydrogen-bond donors (Lipinski definition) is 2. The second-order valence-electron chi connectivity index (χ2n) is 7.01. The van der Waals surface area contributed by atoms with Crippen LogP contribution in [0.15, 0.2) is 53.5 Å². The largest absolute Gasteiger partial charge is 0.444 e. The van der Waals surface area contributed by atoms with Gasteiger partial charge in [0.2, 0.25) is 5.91 Å². The lowest BCUT2D eigenvalue weighted by atomic mass is 10.0. The van der Waals surface area contributed by atoms with Crippen LogP contribution in [0.3, 0.4) is 0 Å². The molecule has 0 aromatic heterocycles. The first-order valence-electron chi connectivity index (χ1n) is 8.36. The fourth-order valence-corrected chi connectivity index (χ4v) is 2.59. The Hall–Kier alpha value is -3.15. The number of aliphatic imine (C=N–C) groups is 1. The fraction of sp³-hybridized carbons (Fsp3) is 0.250. The van der Waals surface area contributed by atoms with Crippen LogP contribution >= 0.6 is 0 Å². The zero-order valence-corrected chi connectivity index (χ0v) is 14.9. The molecule has 26 heavy (non-hydrogen) atoms. The number of amides is 2. The molecule has 0 radical (unpaired) electrons. The van der Waals surface area contributed by atoms with Gasteiger partial charge in [0.05, 0.1) is 5.69 Å². The molecule has 0 saturated carbocycles. The average molecular weight is 351 g/mol. The van der Waals surface area contributed by atoms with E-state index >= 15 is 0 Å². The van der Waals surface area contributed by atoms with Crippen molar-refractivity contribution in [2.75, 3.05) is 10.6 Å². The van der Waals surface area contributed by atoms with E-state index in [4.69, 9.17) is 4.74 Å². The predicted molar refractivity (Wildman–Crippen MR) is 102 cm³/mol. The van der Waals surface area contributed by atoms with Crippen molar-refractivity contribution in [1.29, 1.82) is 0 Å². The Labute approximate surface area is 152 Å². The molecule has 0 aliphatic carbocycles. The van der Waals surface area contributed by atoms with Crippen LogP contribution in [0.4, 0.5) is 21.9 Å². The summed E-state index contributed by atoms with van der Waals surface area (Å²) >= 11 is 0. The van der Waals surface area contributed by atoms with Crippen LogP contribution < -0.4 is 10.6 Å². The van der Waals surface area contributed by atoms with E-state index in [0.29, 0.717) is 11.4 Å². The third-order valence-corrected chi connectivity index (χ3v) is 3.72. The number of carbonyl (C=O) groups is 2. The number of benzene rings is 2. The third-order valence-electron chi connectivity index (χ3n) is 3.72. The highest BCUT2D eigenvalue weighted by Crippen LogP contribution is 2.31. The lowest BCUT2D eigenvalue weighted by Crippen LogP contribution is -2.27. The zero-order valence-electron chi connectivity index (χ0n) is 14.9. The number of nitrogens with zero attached hydrogens (tertiary/aromatic N) is 1. The lowest BCUT2D eigenvalue weighted by molar-refractivity contribution is -0.115. The summed E-state index contributed by atoms with van der Waals surface area (Å²) < 4.78 is 5.21. The molecule has 6 nitrogen and oxygen atoms in total. The van der Waals surface area contributed by atoms with Crippen LogP contribution in [0.5, 0.6) is 0 Å². The Bertz CT molecular complexity index is 851. The highest BCUT2D eigenvalue weighted by molar-refractivity contribution is 6.12. The number of para-hydroxylation sites is 1. The molecule has 0 spiro atoms. The monoisotopic (exact) mass is 351 g/mol. The molecule has 0 fully saturated rings. The van der Waals surface area contributed by atoms with Gasteiger partial charge in [-0.3, -0.25) is 15.1 Å². The summed E-state index contributed by atoms with van der Waals surface area (Å²) in [5, 5.41) is 5.51. The molecule has 1 aliphatic rings. The number of hydrogen-bond acceptors (Lipinski definition) is 4. The molecule has 2 aromatic rings. The van der Waals surface area contributed by atoms with Gasteiger partial charge in [-0.25, -0.2) is 4.79 Å². The molecular weight excluding hydrogens is 330 g/mol. The van der Waals surface area contributed by atoms with E-state index in [1.165, 1.54) is 0 Å². The van der Waals surface area contributed by atoms with Crippen LogP contribution in [0.25, 0.3) is 0 Å². The maximum Gasteiger partial charge on any atom is 0.412 e. The number of ether oxygens (including phenoxy) is 1. The first-order valence-corrected chi connectivity index (χ1v) is 8.36. The molecule has 1 unspecified atom stereocenters. The van der Waals surface area contributed by atoms with Gasteiger partial charge >= 0.3 is 6.09 Å². The van der Waals surface area contributed by atoms with Crippen molar-refractivity contribution < 1.29 is 14.3 Å². The third kappa shape index (κ3) is 4.27. The Morgan fingerprint density at radius 2 is 1.85 bits per heavy atom. The van der Waals surface area contributed by atoms with Gasteiger partial charge in [0, 0.05) is 17.6 Å². The minimum atomic E-state index is -0.549. The van der Waals surface area contributed by atoms with E-state index in [2.05, 4.69) is 15.6 Å². The van der Waals surface area contributed by atoms with E-state index in [1.54, 1.807) is 30.5 Å². The van der Waals surface area contributed by atoms with Gasteiger partial charge in [0.25, 0.3) is 0 Å². The summed E-state index contributed by atoms with van der Waals surface area (Å²) in [5.41, 5.74) is 2.50. The molecule has 0 bridgehead atoms. The number of fused-ring (bicyclic) bond motifs is 1. The first-order chi connectivity index (χ1) is 12.3. The van der Waals surface area contributed by atoms with E-state index in [1.807, 2.05) is 45.0 Å². The molecule has 1 heterocycles. The number of anilines is 2. The molecule has 3 rings (SSSR count). The van der Waals surface area contributed by atoms with Crippen molar-refractivity contribution in [1.82, 2.24) is 0 Å². The number of nitrogens with one attached hydrogen (secondary N) is 2. The average Bonchev–Trinajstić information content (AvgIpc) is 2.88. The van der Waals surface area contributed by atoms with Crippen molar-refractivity contribution in [3.05, 3.63) is 54.1 Å². The molecule has 6 heteroatoms. The summed E-state index contributed by atoms with van der Waals surface area (Å²) in [6.07, 6.45) is 1.13. The second kappa shape index (κ2) is 7.00. The van der Waals surface area contributed by atoms with Crippen molar-refractivity contribution in [2.24, 2.45) is 4.99 Å². The normalized spacial score (nSPS) is 16.3. The summed E-state index contributed by atoms with van der Waals surface area (Å²) in [5.74, 6) is -0.482. The van der Waals surface area contributed by atoms with Crippen LogP contribution in [0.1, 0.15) is 32.3 Å². The quantitative estimate of drug-likeness (QED) is 0.801. The molecule has 2 amide bonds. The maximum absolute atomic E-state index is 12.1.